The average molecular weight is 257 g/mol. The van der Waals surface area contributed by atoms with E-state index >= 15 is 0 Å². The van der Waals surface area contributed by atoms with E-state index in [-0.39, 0.29) is 11.5 Å². The lowest BCUT2D eigenvalue weighted by molar-refractivity contribution is 0.0932. The molecule has 4 heteroatoms. The molecular formula is C10H9BrO3. The number of benzene rings is 1. The van der Waals surface area contributed by atoms with Gasteiger partial charge in [0.25, 0.3) is 0 Å². The molecule has 74 valence electrons. The van der Waals surface area contributed by atoms with Gasteiger partial charge in [0.1, 0.15) is 11.5 Å². The molecule has 1 aromatic carbocycles. The molecule has 0 spiro atoms. The lowest BCUT2D eigenvalue weighted by atomic mass is 10.0. The minimum Gasteiger partial charge on any atom is -0.506 e. The van der Waals surface area contributed by atoms with Crippen molar-refractivity contribution < 1.29 is 14.6 Å². The zero-order valence-corrected chi connectivity index (χ0v) is 9.22. The van der Waals surface area contributed by atoms with Crippen molar-refractivity contribution in [1.82, 2.24) is 0 Å². The van der Waals surface area contributed by atoms with Gasteiger partial charge >= 0.3 is 0 Å². The highest BCUT2D eigenvalue weighted by Crippen LogP contribution is 2.39. The van der Waals surface area contributed by atoms with Crippen LogP contribution in [-0.2, 0) is 0 Å². The molecule has 2 rings (SSSR count). The van der Waals surface area contributed by atoms with E-state index in [0.29, 0.717) is 34.4 Å². The van der Waals surface area contributed by atoms with Gasteiger partial charge in [0.2, 0.25) is 0 Å². The smallest absolute Gasteiger partial charge is 0.170 e. The van der Waals surface area contributed by atoms with Crippen molar-refractivity contribution in [3.05, 3.63) is 21.7 Å². The van der Waals surface area contributed by atoms with Crippen molar-refractivity contribution >= 4 is 21.7 Å². The summed E-state index contributed by atoms with van der Waals surface area (Å²) in [6.07, 6.45) is 0.406. The van der Waals surface area contributed by atoms with Crippen molar-refractivity contribution in [2.24, 2.45) is 0 Å². The SMILES string of the molecule is Cc1c(O)c(Br)cc2c1OCCC2=O. The molecule has 1 aliphatic rings. The molecule has 0 unspecified atom stereocenters. The Bertz CT molecular complexity index is 412. The number of rotatable bonds is 0. The zero-order chi connectivity index (χ0) is 10.3. The summed E-state index contributed by atoms with van der Waals surface area (Å²) in [6, 6.07) is 1.61. The van der Waals surface area contributed by atoms with Crippen molar-refractivity contribution in [3.63, 3.8) is 0 Å². The Hall–Kier alpha value is -1.03. The Kier molecular flexibility index (Phi) is 2.23. The second-order valence-electron chi connectivity index (χ2n) is 3.23. The average Bonchev–Trinajstić information content (AvgIpc) is 2.17. The van der Waals surface area contributed by atoms with E-state index in [1.54, 1.807) is 13.0 Å². The Labute approximate surface area is 89.8 Å². The van der Waals surface area contributed by atoms with Crippen LogP contribution in [0, 0.1) is 6.92 Å². The van der Waals surface area contributed by atoms with Gasteiger partial charge in [0, 0.05) is 12.0 Å². The molecule has 1 aliphatic heterocycles. The van der Waals surface area contributed by atoms with Gasteiger partial charge in [0.05, 0.1) is 16.6 Å². The summed E-state index contributed by atoms with van der Waals surface area (Å²) in [4.78, 5) is 11.5. The molecule has 1 N–H and O–H groups in total. The molecule has 0 saturated carbocycles. The molecule has 0 bridgehead atoms. The van der Waals surface area contributed by atoms with Crippen LogP contribution in [0.15, 0.2) is 10.5 Å². The number of hydrogen-bond donors (Lipinski definition) is 1. The summed E-state index contributed by atoms with van der Waals surface area (Å²) in [5.74, 6) is 0.718. The van der Waals surface area contributed by atoms with E-state index in [9.17, 15) is 9.90 Å². The first-order chi connectivity index (χ1) is 6.61. The van der Waals surface area contributed by atoms with Gasteiger partial charge in [-0.05, 0) is 28.9 Å². The third-order valence-corrected chi connectivity index (χ3v) is 2.92. The molecule has 0 fully saturated rings. The summed E-state index contributed by atoms with van der Waals surface area (Å²) < 4.78 is 5.89. The number of phenolic OH excluding ortho intramolecular Hbond substituents is 1. The first kappa shape index (κ1) is 9.52. The van der Waals surface area contributed by atoms with Crippen molar-refractivity contribution in [2.45, 2.75) is 13.3 Å². The first-order valence-electron chi connectivity index (χ1n) is 4.29. The van der Waals surface area contributed by atoms with E-state index in [0.717, 1.165) is 0 Å². The van der Waals surface area contributed by atoms with Crippen LogP contribution in [0.2, 0.25) is 0 Å². The summed E-state index contributed by atoms with van der Waals surface area (Å²) in [5, 5.41) is 9.61. The molecule has 14 heavy (non-hydrogen) atoms. The van der Waals surface area contributed by atoms with Gasteiger partial charge in [-0.15, -0.1) is 0 Å². The molecule has 0 atom stereocenters. The topological polar surface area (TPSA) is 46.5 Å². The minimum absolute atomic E-state index is 0.0649. The number of carbonyl (C=O) groups excluding carboxylic acids is 1. The predicted molar refractivity (Wildman–Crippen MR) is 55.0 cm³/mol. The zero-order valence-electron chi connectivity index (χ0n) is 7.63. The maximum atomic E-state index is 11.5. The molecule has 0 amide bonds. The van der Waals surface area contributed by atoms with E-state index in [2.05, 4.69) is 15.9 Å². The highest BCUT2D eigenvalue weighted by molar-refractivity contribution is 9.10. The van der Waals surface area contributed by atoms with Gasteiger partial charge in [-0.25, -0.2) is 0 Å². The summed E-state index contributed by atoms with van der Waals surface area (Å²) >= 11 is 3.19. The number of aromatic hydroxyl groups is 1. The highest BCUT2D eigenvalue weighted by Gasteiger charge is 2.23. The minimum atomic E-state index is 0.0649. The van der Waals surface area contributed by atoms with E-state index in [1.807, 2.05) is 0 Å². The molecule has 0 aromatic heterocycles. The standard InChI is InChI=1S/C10H9BrO3/c1-5-9(13)7(11)4-6-8(12)2-3-14-10(5)6/h4,13H,2-3H2,1H3. The molecule has 3 nitrogen and oxygen atoms in total. The number of carbonyl (C=O) groups is 1. The van der Waals surface area contributed by atoms with Crippen molar-refractivity contribution in [3.8, 4) is 11.5 Å². The van der Waals surface area contributed by atoms with Crippen LogP contribution in [0.1, 0.15) is 22.3 Å². The Balaban J connectivity index is 2.69. The third-order valence-electron chi connectivity index (χ3n) is 2.31. The van der Waals surface area contributed by atoms with E-state index < -0.39 is 0 Å². The van der Waals surface area contributed by atoms with Crippen LogP contribution >= 0.6 is 15.9 Å². The van der Waals surface area contributed by atoms with Crippen molar-refractivity contribution in [2.75, 3.05) is 6.61 Å². The third kappa shape index (κ3) is 1.30. The number of halogens is 1. The fourth-order valence-corrected chi connectivity index (χ4v) is 2.05. The molecular weight excluding hydrogens is 248 g/mol. The van der Waals surface area contributed by atoms with Gasteiger partial charge in [0.15, 0.2) is 5.78 Å². The highest BCUT2D eigenvalue weighted by atomic mass is 79.9. The Morgan fingerprint density at radius 3 is 3.00 bits per heavy atom. The largest absolute Gasteiger partial charge is 0.506 e. The fraction of sp³-hybridized carbons (Fsp3) is 0.300. The number of Topliss-reactive ketones (excluding diaryl/α,β-unsaturated/α-hetero) is 1. The number of hydrogen-bond acceptors (Lipinski definition) is 3. The number of ketones is 1. The summed E-state index contributed by atoms with van der Waals surface area (Å²) in [7, 11) is 0. The normalized spacial score (nSPS) is 14.9. The molecule has 1 heterocycles. The molecule has 0 radical (unpaired) electrons. The first-order valence-corrected chi connectivity index (χ1v) is 5.08. The van der Waals surface area contributed by atoms with Crippen LogP contribution in [0.4, 0.5) is 0 Å². The molecule has 0 saturated heterocycles. The predicted octanol–water partition coefficient (Wildman–Crippen LogP) is 2.43. The van der Waals surface area contributed by atoms with Crippen molar-refractivity contribution in [1.29, 1.82) is 0 Å². The lowest BCUT2D eigenvalue weighted by Crippen LogP contribution is -2.16. The van der Waals surface area contributed by atoms with Crippen LogP contribution < -0.4 is 4.74 Å². The summed E-state index contributed by atoms with van der Waals surface area (Å²) in [5.41, 5.74) is 1.17. The number of ether oxygens (including phenoxy) is 1. The van der Waals surface area contributed by atoms with Gasteiger partial charge in [-0.3, -0.25) is 4.79 Å². The second-order valence-corrected chi connectivity index (χ2v) is 4.08. The van der Waals surface area contributed by atoms with E-state index in [1.165, 1.54) is 0 Å². The van der Waals surface area contributed by atoms with Gasteiger partial charge in [-0.1, -0.05) is 0 Å². The van der Waals surface area contributed by atoms with Gasteiger partial charge < -0.3 is 9.84 Å². The van der Waals surface area contributed by atoms with Crippen LogP contribution in [0.5, 0.6) is 11.5 Å². The van der Waals surface area contributed by atoms with Crippen LogP contribution in [-0.4, -0.2) is 17.5 Å². The fourth-order valence-electron chi connectivity index (χ4n) is 1.52. The maximum Gasteiger partial charge on any atom is 0.170 e. The Morgan fingerprint density at radius 2 is 2.29 bits per heavy atom. The maximum absolute atomic E-state index is 11.5. The molecule has 0 aliphatic carbocycles. The molecule has 1 aromatic rings. The van der Waals surface area contributed by atoms with E-state index in [4.69, 9.17) is 4.74 Å². The monoisotopic (exact) mass is 256 g/mol. The van der Waals surface area contributed by atoms with Crippen LogP contribution in [0.25, 0.3) is 0 Å². The Morgan fingerprint density at radius 1 is 1.57 bits per heavy atom. The summed E-state index contributed by atoms with van der Waals surface area (Å²) in [6.45, 7) is 2.13. The van der Waals surface area contributed by atoms with Gasteiger partial charge in [-0.2, -0.15) is 0 Å². The second kappa shape index (κ2) is 3.28. The quantitative estimate of drug-likeness (QED) is 0.776. The van der Waals surface area contributed by atoms with Crippen LogP contribution in [0.3, 0.4) is 0 Å². The number of fused-ring (bicyclic) bond motifs is 1. The lowest BCUT2D eigenvalue weighted by Gasteiger charge is -2.19. The number of phenols is 1.